The molecule has 148 valence electrons. The van der Waals surface area contributed by atoms with Gasteiger partial charge in [0.25, 0.3) is 0 Å². The molecule has 7 heteroatoms. The third kappa shape index (κ3) is 7.32. The highest BCUT2D eigenvalue weighted by Crippen LogP contribution is 2.16. The van der Waals surface area contributed by atoms with Crippen molar-refractivity contribution >= 4 is 29.9 Å². The first-order chi connectivity index (χ1) is 12.4. The number of aliphatic imine (C=N–C) groups is 1. The van der Waals surface area contributed by atoms with E-state index in [4.69, 9.17) is 4.74 Å². The van der Waals surface area contributed by atoms with Gasteiger partial charge in [-0.05, 0) is 50.5 Å². The molecule has 1 unspecified atom stereocenters. The summed E-state index contributed by atoms with van der Waals surface area (Å²) in [6, 6.07) is 9.00. The van der Waals surface area contributed by atoms with Crippen LogP contribution in [0.2, 0.25) is 0 Å². The van der Waals surface area contributed by atoms with E-state index in [2.05, 4.69) is 20.6 Å². The van der Waals surface area contributed by atoms with Gasteiger partial charge in [0, 0.05) is 25.9 Å². The number of benzene rings is 1. The molecule has 1 aromatic carbocycles. The van der Waals surface area contributed by atoms with E-state index in [1.807, 2.05) is 39.0 Å². The summed E-state index contributed by atoms with van der Waals surface area (Å²) in [7, 11) is 1.70. The maximum atomic E-state index is 13.7. The molecule has 1 heterocycles. The molecule has 2 N–H and O–H groups in total. The van der Waals surface area contributed by atoms with Crippen LogP contribution in [0.5, 0.6) is 5.88 Å². The zero-order chi connectivity index (χ0) is 19.1. The maximum absolute atomic E-state index is 13.7. The fraction of sp³-hybridized carbons (Fsp3) is 0.400. The highest BCUT2D eigenvalue weighted by molar-refractivity contribution is 14.0. The van der Waals surface area contributed by atoms with Crippen molar-refractivity contribution in [1.29, 1.82) is 0 Å². The number of pyridine rings is 1. The second kappa shape index (κ2) is 11.1. The second-order valence-corrected chi connectivity index (χ2v) is 6.47. The van der Waals surface area contributed by atoms with E-state index in [-0.39, 0.29) is 41.9 Å². The summed E-state index contributed by atoms with van der Waals surface area (Å²) in [6.45, 7) is 8.23. The minimum Gasteiger partial charge on any atom is -0.475 e. The minimum absolute atomic E-state index is 0. The number of hydrogen-bond donors (Lipinski definition) is 2. The van der Waals surface area contributed by atoms with Gasteiger partial charge in [-0.15, -0.1) is 24.0 Å². The van der Waals surface area contributed by atoms with E-state index in [1.165, 1.54) is 0 Å². The van der Waals surface area contributed by atoms with Gasteiger partial charge in [-0.3, -0.25) is 4.99 Å². The van der Waals surface area contributed by atoms with Gasteiger partial charge in [-0.25, -0.2) is 9.37 Å². The van der Waals surface area contributed by atoms with E-state index in [9.17, 15) is 4.39 Å². The molecule has 0 amide bonds. The largest absolute Gasteiger partial charge is 0.475 e. The van der Waals surface area contributed by atoms with Crippen molar-refractivity contribution in [2.75, 3.05) is 7.05 Å². The van der Waals surface area contributed by atoms with Crippen molar-refractivity contribution in [2.24, 2.45) is 4.99 Å². The van der Waals surface area contributed by atoms with Gasteiger partial charge >= 0.3 is 0 Å². The van der Waals surface area contributed by atoms with Gasteiger partial charge in [-0.1, -0.05) is 18.2 Å². The number of guanidine groups is 1. The summed E-state index contributed by atoms with van der Waals surface area (Å²) in [5.74, 6) is 1.05. The van der Waals surface area contributed by atoms with Crippen LogP contribution in [-0.4, -0.2) is 24.1 Å². The lowest BCUT2D eigenvalue weighted by atomic mass is 10.1. The first-order valence-corrected chi connectivity index (χ1v) is 8.74. The van der Waals surface area contributed by atoms with Crippen LogP contribution in [0.1, 0.15) is 43.5 Å². The molecule has 0 aliphatic carbocycles. The van der Waals surface area contributed by atoms with Crippen molar-refractivity contribution in [3.8, 4) is 5.88 Å². The smallest absolute Gasteiger partial charge is 0.213 e. The summed E-state index contributed by atoms with van der Waals surface area (Å²) >= 11 is 0. The molecule has 27 heavy (non-hydrogen) atoms. The van der Waals surface area contributed by atoms with E-state index in [0.717, 1.165) is 11.1 Å². The Morgan fingerprint density at radius 3 is 2.52 bits per heavy atom. The maximum Gasteiger partial charge on any atom is 0.213 e. The van der Waals surface area contributed by atoms with Crippen LogP contribution in [0.3, 0.4) is 0 Å². The number of nitrogens with one attached hydrogen (secondary N) is 2. The normalized spacial score (nSPS) is 12.3. The summed E-state index contributed by atoms with van der Waals surface area (Å²) in [6.07, 6.45) is 1.87. The van der Waals surface area contributed by atoms with Crippen LogP contribution in [0.4, 0.5) is 4.39 Å². The zero-order valence-electron chi connectivity index (χ0n) is 16.4. The Labute approximate surface area is 177 Å². The van der Waals surface area contributed by atoms with Crippen LogP contribution < -0.4 is 15.4 Å². The van der Waals surface area contributed by atoms with Crippen molar-refractivity contribution < 1.29 is 9.13 Å². The van der Waals surface area contributed by atoms with Gasteiger partial charge in [0.1, 0.15) is 5.82 Å². The summed E-state index contributed by atoms with van der Waals surface area (Å²) < 4.78 is 19.3. The molecule has 2 aromatic rings. The molecule has 0 radical (unpaired) electrons. The SMILES string of the molecule is CN=C(NCc1ccc(OC(C)C)nc1)NC(C)c1ccc(C)c(F)c1.I. The van der Waals surface area contributed by atoms with E-state index in [0.29, 0.717) is 23.9 Å². The molecular weight excluding hydrogens is 458 g/mol. The fourth-order valence-electron chi connectivity index (χ4n) is 2.37. The fourth-order valence-corrected chi connectivity index (χ4v) is 2.37. The van der Waals surface area contributed by atoms with Gasteiger partial charge in [0.15, 0.2) is 5.96 Å². The van der Waals surface area contributed by atoms with Crippen LogP contribution in [0, 0.1) is 12.7 Å². The van der Waals surface area contributed by atoms with Crippen LogP contribution in [0.15, 0.2) is 41.5 Å². The predicted octanol–water partition coefficient (Wildman–Crippen LogP) is 4.36. The Balaban J connectivity index is 0.00000364. The predicted molar refractivity (Wildman–Crippen MR) is 118 cm³/mol. The average molecular weight is 486 g/mol. The zero-order valence-corrected chi connectivity index (χ0v) is 18.7. The molecule has 5 nitrogen and oxygen atoms in total. The molecular formula is C20H28FIN4O. The van der Waals surface area contributed by atoms with Crippen molar-refractivity contribution in [3.05, 3.63) is 59.0 Å². The minimum atomic E-state index is -0.200. The Bertz CT molecular complexity index is 750. The number of aromatic nitrogens is 1. The molecule has 0 aliphatic rings. The molecule has 2 rings (SSSR count). The van der Waals surface area contributed by atoms with Gasteiger partial charge in [0.2, 0.25) is 5.88 Å². The Hall–Kier alpha value is -1.90. The number of halogens is 2. The molecule has 0 aliphatic heterocycles. The third-order valence-electron chi connectivity index (χ3n) is 3.89. The van der Waals surface area contributed by atoms with Crippen LogP contribution in [-0.2, 0) is 6.54 Å². The van der Waals surface area contributed by atoms with Gasteiger partial charge in [0.05, 0.1) is 12.1 Å². The van der Waals surface area contributed by atoms with Crippen LogP contribution in [0.25, 0.3) is 0 Å². The number of ether oxygens (including phenoxy) is 1. The molecule has 1 aromatic heterocycles. The Morgan fingerprint density at radius 1 is 1.22 bits per heavy atom. The number of nitrogens with zero attached hydrogens (tertiary/aromatic N) is 2. The molecule has 0 bridgehead atoms. The highest BCUT2D eigenvalue weighted by Gasteiger charge is 2.10. The Kier molecular flexibility index (Phi) is 9.48. The van der Waals surface area contributed by atoms with Crippen molar-refractivity contribution in [3.63, 3.8) is 0 Å². The lowest BCUT2D eigenvalue weighted by Gasteiger charge is -2.19. The standard InChI is InChI=1S/C20H27FN4O.HI/c1-13(2)26-19-9-7-16(11-23-19)12-24-20(22-5)25-15(4)17-8-6-14(3)18(21)10-17;/h6-11,13,15H,12H2,1-5H3,(H2,22,24,25);1H. The molecule has 0 spiro atoms. The lowest BCUT2D eigenvalue weighted by Crippen LogP contribution is -2.38. The summed E-state index contributed by atoms with van der Waals surface area (Å²) in [4.78, 5) is 8.51. The summed E-state index contributed by atoms with van der Waals surface area (Å²) in [5.41, 5.74) is 2.52. The van der Waals surface area contributed by atoms with Gasteiger partial charge < -0.3 is 15.4 Å². The first-order valence-electron chi connectivity index (χ1n) is 8.74. The Morgan fingerprint density at radius 2 is 1.96 bits per heavy atom. The first kappa shape index (κ1) is 23.1. The number of aryl methyl sites for hydroxylation is 1. The summed E-state index contributed by atoms with van der Waals surface area (Å²) in [5, 5.41) is 6.50. The monoisotopic (exact) mass is 486 g/mol. The topological polar surface area (TPSA) is 58.5 Å². The third-order valence-corrected chi connectivity index (χ3v) is 3.89. The number of hydrogen-bond acceptors (Lipinski definition) is 3. The quantitative estimate of drug-likeness (QED) is 0.362. The lowest BCUT2D eigenvalue weighted by molar-refractivity contribution is 0.232. The van der Waals surface area contributed by atoms with Gasteiger partial charge in [-0.2, -0.15) is 0 Å². The average Bonchev–Trinajstić information content (AvgIpc) is 2.61. The van der Waals surface area contributed by atoms with Crippen molar-refractivity contribution in [1.82, 2.24) is 15.6 Å². The van der Waals surface area contributed by atoms with E-state index < -0.39 is 0 Å². The molecule has 1 atom stereocenters. The van der Waals surface area contributed by atoms with E-state index >= 15 is 0 Å². The van der Waals surface area contributed by atoms with E-state index in [1.54, 1.807) is 32.3 Å². The van der Waals surface area contributed by atoms with Crippen LogP contribution >= 0.6 is 24.0 Å². The number of rotatable bonds is 6. The van der Waals surface area contributed by atoms with Crippen molar-refractivity contribution in [2.45, 2.75) is 46.4 Å². The molecule has 0 saturated carbocycles. The second-order valence-electron chi connectivity index (χ2n) is 6.47. The highest BCUT2D eigenvalue weighted by atomic mass is 127. The molecule has 0 fully saturated rings. The molecule has 0 saturated heterocycles.